The van der Waals surface area contributed by atoms with Crippen molar-refractivity contribution in [3.63, 3.8) is 0 Å². The van der Waals surface area contributed by atoms with E-state index in [0.717, 1.165) is 61.4 Å². The Balaban J connectivity index is 0.956. The van der Waals surface area contributed by atoms with Crippen molar-refractivity contribution in [2.45, 2.75) is 0 Å². The summed E-state index contributed by atoms with van der Waals surface area (Å²) in [7, 11) is 0. The van der Waals surface area contributed by atoms with Crippen LogP contribution in [0.25, 0.3) is 93.6 Å². The third-order valence-electron chi connectivity index (χ3n) is 12.2. The summed E-state index contributed by atoms with van der Waals surface area (Å²) in [5.41, 5.74) is 15.6. The number of fused-ring (bicyclic) bond motifs is 7. The first-order chi connectivity index (χ1) is 30.2. The Morgan fingerprint density at radius 1 is 0.328 bits per heavy atom. The zero-order valence-electron chi connectivity index (χ0n) is 33.2. The van der Waals surface area contributed by atoms with Gasteiger partial charge >= 0.3 is 0 Å². The van der Waals surface area contributed by atoms with Crippen LogP contribution in [0.15, 0.2) is 235 Å². The minimum absolute atomic E-state index is 0.899. The zero-order valence-corrected chi connectivity index (χ0v) is 33.2. The molecule has 10 aromatic carbocycles. The van der Waals surface area contributed by atoms with Crippen molar-refractivity contribution >= 4 is 71.6 Å². The van der Waals surface area contributed by atoms with Crippen LogP contribution in [0.4, 0.5) is 17.1 Å². The second-order valence-corrected chi connectivity index (χ2v) is 15.7. The maximum Gasteiger partial charge on any atom is 0.136 e. The fourth-order valence-corrected chi connectivity index (χ4v) is 9.31. The molecule has 2 aromatic heterocycles. The third-order valence-corrected chi connectivity index (χ3v) is 12.2. The van der Waals surface area contributed by atoms with Crippen LogP contribution in [0, 0.1) is 0 Å². The molecule has 0 spiro atoms. The summed E-state index contributed by atoms with van der Waals surface area (Å²) < 4.78 is 8.66. The predicted molar refractivity (Wildman–Crippen MR) is 257 cm³/mol. The summed E-state index contributed by atoms with van der Waals surface area (Å²) in [6, 6.07) is 82.9. The van der Waals surface area contributed by atoms with E-state index in [1.807, 2.05) is 12.1 Å². The fraction of sp³-hybridized carbons (Fsp3) is 0. The molecule has 0 atom stereocenters. The molecule has 3 heteroatoms. The van der Waals surface area contributed by atoms with Crippen LogP contribution < -0.4 is 4.90 Å². The van der Waals surface area contributed by atoms with Crippen LogP contribution >= 0.6 is 0 Å². The normalized spacial score (nSPS) is 11.6. The van der Waals surface area contributed by atoms with E-state index in [-0.39, 0.29) is 0 Å². The highest BCUT2D eigenvalue weighted by Gasteiger charge is 2.18. The lowest BCUT2D eigenvalue weighted by atomic mass is 9.98. The third kappa shape index (κ3) is 5.90. The van der Waals surface area contributed by atoms with Crippen molar-refractivity contribution in [1.29, 1.82) is 0 Å². The number of benzene rings is 10. The minimum Gasteiger partial charge on any atom is -0.456 e. The second kappa shape index (κ2) is 14.3. The SMILES string of the molecule is c1ccc(-n2c3ccccc3c3ccccc32)c(-c2ccc(N(c3ccc(-c4ccc5ccccc5c4)cc3)c3ccc(-c4cccc5oc6ccccc6c45)cc3)cc2)c1. The van der Waals surface area contributed by atoms with Crippen LogP contribution in [0.2, 0.25) is 0 Å². The van der Waals surface area contributed by atoms with Gasteiger partial charge in [-0.3, -0.25) is 0 Å². The molecule has 2 heterocycles. The average Bonchev–Trinajstić information content (AvgIpc) is 3.88. The van der Waals surface area contributed by atoms with Gasteiger partial charge in [0, 0.05) is 44.2 Å². The number of aromatic nitrogens is 1. The van der Waals surface area contributed by atoms with Gasteiger partial charge in [-0.15, -0.1) is 0 Å². The van der Waals surface area contributed by atoms with Crippen molar-refractivity contribution in [2.75, 3.05) is 4.90 Å². The molecule has 12 rings (SSSR count). The molecule has 0 saturated heterocycles. The van der Waals surface area contributed by atoms with Gasteiger partial charge in [-0.05, 0) is 111 Å². The van der Waals surface area contributed by atoms with E-state index in [1.165, 1.54) is 49.3 Å². The Morgan fingerprint density at radius 2 is 0.820 bits per heavy atom. The molecule has 0 aliphatic heterocycles. The highest BCUT2D eigenvalue weighted by molar-refractivity contribution is 6.12. The van der Waals surface area contributed by atoms with Gasteiger partial charge < -0.3 is 13.9 Å². The van der Waals surface area contributed by atoms with E-state index in [0.29, 0.717) is 0 Å². The molecule has 0 N–H and O–H groups in total. The highest BCUT2D eigenvalue weighted by atomic mass is 16.3. The molecule has 286 valence electrons. The molecular formula is C58H38N2O. The van der Waals surface area contributed by atoms with Crippen molar-refractivity contribution in [3.8, 4) is 39.1 Å². The van der Waals surface area contributed by atoms with Crippen molar-refractivity contribution in [3.05, 3.63) is 231 Å². The molecule has 0 unspecified atom stereocenters. The Kier molecular flexibility index (Phi) is 8.17. The molecule has 61 heavy (non-hydrogen) atoms. The van der Waals surface area contributed by atoms with E-state index in [2.05, 4.69) is 228 Å². The standard InChI is InChI=1S/C58H38N2O/c1-2-13-43-38-44(25-24-39(43)12-1)40-26-32-45(33-27-40)59(47-36-30-42(31-37-47)49-18-11-23-57-58(49)52-17-6-10-22-56(52)61-57)46-34-28-41(29-35-46)48-14-3-7-19-53(48)60-54-20-8-4-15-50(54)51-16-5-9-21-55(51)60/h1-38H. The summed E-state index contributed by atoms with van der Waals surface area (Å²) in [6.45, 7) is 0. The molecule has 0 aliphatic carbocycles. The number of furan rings is 1. The largest absolute Gasteiger partial charge is 0.456 e. The van der Waals surface area contributed by atoms with Gasteiger partial charge in [-0.2, -0.15) is 0 Å². The maximum absolute atomic E-state index is 6.25. The van der Waals surface area contributed by atoms with Crippen molar-refractivity contribution < 1.29 is 4.42 Å². The molecule has 0 radical (unpaired) electrons. The highest BCUT2D eigenvalue weighted by Crippen LogP contribution is 2.42. The van der Waals surface area contributed by atoms with Crippen molar-refractivity contribution in [2.24, 2.45) is 0 Å². The maximum atomic E-state index is 6.25. The number of anilines is 3. The fourth-order valence-electron chi connectivity index (χ4n) is 9.31. The van der Waals surface area contributed by atoms with E-state index in [9.17, 15) is 0 Å². The van der Waals surface area contributed by atoms with Gasteiger partial charge in [0.05, 0.1) is 16.7 Å². The number of hydrogen-bond acceptors (Lipinski definition) is 2. The van der Waals surface area contributed by atoms with Gasteiger partial charge in [0.15, 0.2) is 0 Å². The van der Waals surface area contributed by atoms with E-state index in [1.54, 1.807) is 0 Å². The lowest BCUT2D eigenvalue weighted by molar-refractivity contribution is 0.669. The number of hydrogen-bond donors (Lipinski definition) is 0. The van der Waals surface area contributed by atoms with Crippen LogP contribution in [0.5, 0.6) is 0 Å². The van der Waals surface area contributed by atoms with Gasteiger partial charge in [-0.1, -0.05) is 158 Å². The molecule has 0 fully saturated rings. The average molecular weight is 779 g/mol. The van der Waals surface area contributed by atoms with E-state index in [4.69, 9.17) is 4.42 Å². The van der Waals surface area contributed by atoms with Gasteiger partial charge in [0.2, 0.25) is 0 Å². The Hall–Kier alpha value is -8.14. The summed E-state index contributed by atoms with van der Waals surface area (Å²) in [4.78, 5) is 2.35. The summed E-state index contributed by atoms with van der Waals surface area (Å²) in [5.74, 6) is 0. The Morgan fingerprint density at radius 3 is 1.51 bits per heavy atom. The zero-order chi connectivity index (χ0) is 40.3. The molecule has 12 aromatic rings. The first-order valence-corrected chi connectivity index (χ1v) is 20.8. The summed E-state index contributed by atoms with van der Waals surface area (Å²) in [5, 5.41) is 7.27. The van der Waals surface area contributed by atoms with Crippen LogP contribution in [0.3, 0.4) is 0 Å². The quantitative estimate of drug-likeness (QED) is 0.161. The van der Waals surface area contributed by atoms with Crippen LogP contribution in [-0.2, 0) is 0 Å². The monoisotopic (exact) mass is 778 g/mol. The second-order valence-electron chi connectivity index (χ2n) is 15.7. The lowest BCUT2D eigenvalue weighted by Crippen LogP contribution is -2.09. The van der Waals surface area contributed by atoms with Crippen LogP contribution in [-0.4, -0.2) is 4.57 Å². The van der Waals surface area contributed by atoms with E-state index >= 15 is 0 Å². The molecule has 0 bridgehead atoms. The Bertz CT molecular complexity index is 3520. The molecule has 0 amide bonds. The topological polar surface area (TPSA) is 21.3 Å². The summed E-state index contributed by atoms with van der Waals surface area (Å²) >= 11 is 0. The first kappa shape index (κ1) is 34.9. The predicted octanol–water partition coefficient (Wildman–Crippen LogP) is 16.3. The smallest absolute Gasteiger partial charge is 0.136 e. The van der Waals surface area contributed by atoms with Crippen LogP contribution in [0.1, 0.15) is 0 Å². The van der Waals surface area contributed by atoms with E-state index < -0.39 is 0 Å². The molecular weight excluding hydrogens is 741 g/mol. The Labute approximate surface area is 353 Å². The molecule has 3 nitrogen and oxygen atoms in total. The van der Waals surface area contributed by atoms with Gasteiger partial charge in [0.25, 0.3) is 0 Å². The molecule has 0 saturated carbocycles. The van der Waals surface area contributed by atoms with Gasteiger partial charge in [0.1, 0.15) is 11.2 Å². The van der Waals surface area contributed by atoms with Gasteiger partial charge in [-0.25, -0.2) is 0 Å². The summed E-state index contributed by atoms with van der Waals surface area (Å²) in [6.07, 6.45) is 0. The number of rotatable bonds is 7. The molecule has 0 aliphatic rings. The number of nitrogens with zero attached hydrogens (tertiary/aromatic N) is 2. The van der Waals surface area contributed by atoms with Crippen molar-refractivity contribution in [1.82, 2.24) is 4.57 Å². The first-order valence-electron chi connectivity index (χ1n) is 20.8. The lowest BCUT2D eigenvalue weighted by Gasteiger charge is -2.26. The number of para-hydroxylation sites is 4. The minimum atomic E-state index is 0.899.